The lowest BCUT2D eigenvalue weighted by Crippen LogP contribution is -2.25. The van der Waals surface area contributed by atoms with Gasteiger partial charge in [-0.2, -0.15) is 0 Å². The number of β-amino-alcohol motifs (C(OH)–C–C–N with tert-alkyl or cyclic N) is 1. The molecular formula is C11H12N2O4. The van der Waals surface area contributed by atoms with E-state index in [1.807, 2.05) is 0 Å². The molecule has 1 aliphatic rings. The van der Waals surface area contributed by atoms with E-state index in [1.165, 1.54) is 24.3 Å². The van der Waals surface area contributed by atoms with E-state index in [9.17, 15) is 14.7 Å². The Balaban J connectivity index is 2.18. The van der Waals surface area contributed by atoms with Crippen LogP contribution >= 0.6 is 0 Å². The minimum atomic E-state index is -0.636. The van der Waals surface area contributed by atoms with Crippen LogP contribution < -0.4 is 4.90 Å². The minimum Gasteiger partial charge on any atom is -0.464 e. The Kier molecular flexibility index (Phi) is 3.06. The highest BCUT2D eigenvalue weighted by atomic mass is 16.5. The summed E-state index contributed by atoms with van der Waals surface area (Å²) < 4.78 is 4.52. The predicted molar refractivity (Wildman–Crippen MR) is 58.6 cm³/mol. The van der Waals surface area contributed by atoms with Crippen molar-refractivity contribution in [2.24, 2.45) is 0 Å². The van der Waals surface area contributed by atoms with E-state index >= 15 is 0 Å². The summed E-state index contributed by atoms with van der Waals surface area (Å²) in [5, 5.41) is 9.36. The highest BCUT2D eigenvalue weighted by Gasteiger charge is 2.29. The number of carbonyl (C=O) groups is 2. The molecule has 6 heteroatoms. The zero-order valence-electron chi connectivity index (χ0n) is 9.29. The number of nitrogens with zero attached hydrogens (tertiary/aromatic N) is 2. The summed E-state index contributed by atoms with van der Waals surface area (Å²) in [6.07, 6.45) is 0.906. The van der Waals surface area contributed by atoms with Gasteiger partial charge in [0.15, 0.2) is 0 Å². The van der Waals surface area contributed by atoms with Crippen LogP contribution in [-0.4, -0.2) is 41.7 Å². The zero-order valence-corrected chi connectivity index (χ0v) is 9.29. The normalized spacial score (nSPS) is 19.5. The number of ether oxygens (including phenoxy) is 1. The molecule has 1 fully saturated rings. The highest BCUT2D eigenvalue weighted by Crippen LogP contribution is 2.20. The van der Waals surface area contributed by atoms with Gasteiger partial charge in [-0.15, -0.1) is 0 Å². The van der Waals surface area contributed by atoms with Gasteiger partial charge in [-0.05, 0) is 12.1 Å². The van der Waals surface area contributed by atoms with Gasteiger partial charge in [0, 0.05) is 0 Å². The van der Waals surface area contributed by atoms with Crippen LogP contribution in [-0.2, 0) is 9.53 Å². The fraction of sp³-hybridized carbons (Fsp3) is 0.364. The van der Waals surface area contributed by atoms with Gasteiger partial charge >= 0.3 is 5.97 Å². The van der Waals surface area contributed by atoms with Gasteiger partial charge in [-0.1, -0.05) is 0 Å². The summed E-state index contributed by atoms with van der Waals surface area (Å²) >= 11 is 0. The third kappa shape index (κ3) is 2.26. The monoisotopic (exact) mass is 236 g/mol. The average Bonchev–Trinajstić information content (AvgIpc) is 2.68. The Morgan fingerprint density at radius 2 is 2.35 bits per heavy atom. The molecule has 0 spiro atoms. The third-order valence-electron chi connectivity index (χ3n) is 2.56. The Bertz CT molecular complexity index is 443. The zero-order chi connectivity index (χ0) is 12.4. The summed E-state index contributed by atoms with van der Waals surface area (Å²) in [6.45, 7) is 0.262. The fourth-order valence-electron chi connectivity index (χ4n) is 1.71. The van der Waals surface area contributed by atoms with Crippen LogP contribution in [0.2, 0.25) is 0 Å². The first-order valence-corrected chi connectivity index (χ1v) is 5.14. The first kappa shape index (κ1) is 11.5. The number of aliphatic hydroxyl groups is 1. The van der Waals surface area contributed by atoms with Crippen molar-refractivity contribution in [3.8, 4) is 0 Å². The molecule has 1 aliphatic heterocycles. The molecule has 1 aromatic heterocycles. The number of carbonyl (C=O) groups excluding carboxylic acids is 2. The molecule has 0 aliphatic carbocycles. The molecule has 1 unspecified atom stereocenters. The molecule has 1 atom stereocenters. The van der Waals surface area contributed by atoms with E-state index in [1.54, 1.807) is 6.07 Å². The van der Waals surface area contributed by atoms with Crippen molar-refractivity contribution in [3.63, 3.8) is 0 Å². The Labute approximate surface area is 97.8 Å². The van der Waals surface area contributed by atoms with Gasteiger partial charge in [0.2, 0.25) is 5.91 Å². The van der Waals surface area contributed by atoms with Gasteiger partial charge in [-0.25, -0.2) is 9.78 Å². The second-order valence-corrected chi connectivity index (χ2v) is 3.76. The Morgan fingerprint density at radius 1 is 1.59 bits per heavy atom. The fourth-order valence-corrected chi connectivity index (χ4v) is 1.71. The standard InChI is InChI=1S/C11H12N2O4/c1-17-11(16)9-3-2-7(5-12-9)13-6-8(14)4-10(13)15/h2-3,5,8,14H,4,6H2,1H3. The molecule has 0 radical (unpaired) electrons. The largest absolute Gasteiger partial charge is 0.464 e. The van der Waals surface area contributed by atoms with E-state index in [4.69, 9.17) is 0 Å². The number of aromatic nitrogens is 1. The lowest BCUT2D eigenvalue weighted by Gasteiger charge is -2.15. The predicted octanol–water partition coefficient (Wildman–Crippen LogP) is -0.0342. The molecule has 2 rings (SSSR count). The number of hydrogen-bond acceptors (Lipinski definition) is 5. The summed E-state index contributed by atoms with van der Waals surface area (Å²) in [5.41, 5.74) is 0.752. The second kappa shape index (κ2) is 4.50. The van der Waals surface area contributed by atoms with Gasteiger partial charge in [0.1, 0.15) is 5.69 Å². The molecule has 2 heterocycles. The Hall–Kier alpha value is -1.95. The summed E-state index contributed by atoms with van der Waals surface area (Å²) in [4.78, 5) is 28.0. The van der Waals surface area contributed by atoms with Gasteiger partial charge < -0.3 is 14.7 Å². The van der Waals surface area contributed by atoms with Gasteiger partial charge in [0.05, 0.1) is 38.1 Å². The smallest absolute Gasteiger partial charge is 0.356 e. The maximum Gasteiger partial charge on any atom is 0.356 e. The van der Waals surface area contributed by atoms with Crippen LogP contribution in [0.4, 0.5) is 5.69 Å². The molecule has 0 bridgehead atoms. The van der Waals surface area contributed by atoms with Crippen molar-refractivity contribution < 1.29 is 19.4 Å². The lowest BCUT2D eigenvalue weighted by atomic mass is 10.3. The molecule has 0 saturated carbocycles. The number of methoxy groups -OCH3 is 1. The average molecular weight is 236 g/mol. The van der Waals surface area contributed by atoms with Gasteiger partial charge in [-0.3, -0.25) is 4.79 Å². The SMILES string of the molecule is COC(=O)c1ccc(N2CC(O)CC2=O)cn1. The minimum absolute atomic E-state index is 0.124. The van der Waals surface area contributed by atoms with Crippen LogP contribution in [0.3, 0.4) is 0 Å². The quantitative estimate of drug-likeness (QED) is 0.729. The summed E-state index contributed by atoms with van der Waals surface area (Å²) in [6, 6.07) is 3.09. The molecule has 17 heavy (non-hydrogen) atoms. The maximum absolute atomic E-state index is 11.5. The van der Waals surface area contributed by atoms with E-state index in [2.05, 4.69) is 9.72 Å². The molecule has 90 valence electrons. The van der Waals surface area contributed by atoms with Crippen molar-refractivity contribution in [1.82, 2.24) is 4.98 Å². The molecule has 1 amide bonds. The number of esters is 1. The first-order valence-electron chi connectivity index (χ1n) is 5.14. The van der Waals surface area contributed by atoms with Crippen molar-refractivity contribution in [3.05, 3.63) is 24.0 Å². The highest BCUT2D eigenvalue weighted by molar-refractivity contribution is 5.96. The van der Waals surface area contributed by atoms with Crippen molar-refractivity contribution in [2.75, 3.05) is 18.6 Å². The van der Waals surface area contributed by atoms with Crippen molar-refractivity contribution in [2.45, 2.75) is 12.5 Å². The topological polar surface area (TPSA) is 79.7 Å². The second-order valence-electron chi connectivity index (χ2n) is 3.76. The molecule has 1 saturated heterocycles. The van der Waals surface area contributed by atoms with Crippen LogP contribution in [0.25, 0.3) is 0 Å². The van der Waals surface area contributed by atoms with Crippen LogP contribution in [0.15, 0.2) is 18.3 Å². The molecule has 1 aromatic rings. The Morgan fingerprint density at radius 3 is 2.82 bits per heavy atom. The number of anilines is 1. The molecule has 6 nitrogen and oxygen atoms in total. The molecular weight excluding hydrogens is 224 g/mol. The van der Waals surface area contributed by atoms with E-state index in [0.717, 1.165) is 0 Å². The van der Waals surface area contributed by atoms with Gasteiger partial charge in [0.25, 0.3) is 0 Å². The van der Waals surface area contributed by atoms with E-state index < -0.39 is 12.1 Å². The van der Waals surface area contributed by atoms with Crippen LogP contribution in [0, 0.1) is 0 Å². The number of rotatable bonds is 2. The summed E-state index contributed by atoms with van der Waals surface area (Å²) in [5.74, 6) is -0.672. The third-order valence-corrected chi connectivity index (χ3v) is 2.56. The van der Waals surface area contributed by atoms with Crippen LogP contribution in [0.1, 0.15) is 16.9 Å². The van der Waals surface area contributed by atoms with Crippen LogP contribution in [0.5, 0.6) is 0 Å². The first-order chi connectivity index (χ1) is 8.11. The number of aliphatic hydroxyl groups excluding tert-OH is 1. The summed E-state index contributed by atoms with van der Waals surface area (Å²) in [7, 11) is 1.28. The maximum atomic E-state index is 11.5. The van der Waals surface area contributed by atoms with E-state index in [-0.39, 0.29) is 24.6 Å². The lowest BCUT2D eigenvalue weighted by molar-refractivity contribution is -0.117. The van der Waals surface area contributed by atoms with E-state index in [0.29, 0.717) is 5.69 Å². The molecule has 0 aromatic carbocycles. The van der Waals surface area contributed by atoms with Crippen molar-refractivity contribution >= 4 is 17.6 Å². The number of pyridine rings is 1. The molecule has 1 N–H and O–H groups in total. The van der Waals surface area contributed by atoms with Crippen molar-refractivity contribution in [1.29, 1.82) is 0 Å². The number of amides is 1. The number of hydrogen-bond donors (Lipinski definition) is 1.